The van der Waals surface area contributed by atoms with E-state index < -0.39 is 6.10 Å². The molecule has 0 aliphatic carbocycles. The van der Waals surface area contributed by atoms with Gasteiger partial charge in [0.2, 0.25) is 0 Å². The van der Waals surface area contributed by atoms with Crippen LogP contribution in [-0.4, -0.2) is 59.5 Å². The van der Waals surface area contributed by atoms with Crippen molar-refractivity contribution in [2.24, 2.45) is 0 Å². The van der Waals surface area contributed by atoms with E-state index in [2.05, 4.69) is 24.1 Å². The van der Waals surface area contributed by atoms with Gasteiger partial charge < -0.3 is 15.5 Å². The monoisotopic (exact) mass is 216 g/mol. The first kappa shape index (κ1) is 12.9. The van der Waals surface area contributed by atoms with Gasteiger partial charge in [-0.05, 0) is 12.8 Å². The number of hydrogen-bond acceptors (Lipinski definition) is 4. The van der Waals surface area contributed by atoms with Gasteiger partial charge in [0.15, 0.2) is 0 Å². The van der Waals surface area contributed by atoms with Gasteiger partial charge in [-0.1, -0.05) is 13.8 Å². The molecule has 4 nitrogen and oxygen atoms in total. The number of nitrogens with zero attached hydrogens (tertiary/aromatic N) is 1. The van der Waals surface area contributed by atoms with Gasteiger partial charge in [0, 0.05) is 31.7 Å². The van der Waals surface area contributed by atoms with Gasteiger partial charge in [0.05, 0.1) is 12.7 Å². The first-order valence-corrected chi connectivity index (χ1v) is 5.97. The molecule has 3 N–H and O–H groups in total. The van der Waals surface area contributed by atoms with E-state index in [1.165, 1.54) is 0 Å². The molecule has 0 aromatic heterocycles. The molecule has 4 heteroatoms. The van der Waals surface area contributed by atoms with Crippen LogP contribution in [0.15, 0.2) is 0 Å². The standard InChI is InChI=1S/C11H24N2O2/c1-3-9-6-13(7-11(15)8-14)10(4-2)5-12-9/h9-12,14-15H,3-8H2,1-2H3. The van der Waals surface area contributed by atoms with Crippen LogP contribution in [0, 0.1) is 0 Å². The van der Waals surface area contributed by atoms with Gasteiger partial charge in [-0.25, -0.2) is 0 Å². The first-order chi connectivity index (χ1) is 7.21. The van der Waals surface area contributed by atoms with Crippen molar-refractivity contribution in [1.29, 1.82) is 0 Å². The second-order valence-corrected chi connectivity index (χ2v) is 4.37. The predicted molar refractivity (Wildman–Crippen MR) is 60.8 cm³/mol. The quantitative estimate of drug-likeness (QED) is 0.596. The lowest BCUT2D eigenvalue weighted by Crippen LogP contribution is -2.57. The minimum atomic E-state index is -0.602. The summed E-state index contributed by atoms with van der Waals surface area (Å²) in [5.41, 5.74) is 0. The van der Waals surface area contributed by atoms with E-state index in [1.807, 2.05) is 0 Å². The third kappa shape index (κ3) is 3.72. The highest BCUT2D eigenvalue weighted by atomic mass is 16.3. The molecule has 1 aliphatic heterocycles. The van der Waals surface area contributed by atoms with Crippen molar-refractivity contribution >= 4 is 0 Å². The molecule has 1 saturated heterocycles. The molecule has 0 aromatic rings. The number of hydrogen-bond donors (Lipinski definition) is 3. The van der Waals surface area contributed by atoms with Gasteiger partial charge in [-0.15, -0.1) is 0 Å². The van der Waals surface area contributed by atoms with Crippen LogP contribution in [0.25, 0.3) is 0 Å². The van der Waals surface area contributed by atoms with Crippen molar-refractivity contribution in [1.82, 2.24) is 10.2 Å². The lowest BCUT2D eigenvalue weighted by Gasteiger charge is -2.40. The lowest BCUT2D eigenvalue weighted by atomic mass is 10.0. The zero-order chi connectivity index (χ0) is 11.3. The van der Waals surface area contributed by atoms with Crippen LogP contribution in [-0.2, 0) is 0 Å². The SMILES string of the molecule is CCC1CN(CC(O)CO)C(CC)CN1. The summed E-state index contributed by atoms with van der Waals surface area (Å²) in [6.45, 7) is 6.76. The highest BCUT2D eigenvalue weighted by Gasteiger charge is 2.26. The van der Waals surface area contributed by atoms with Crippen molar-refractivity contribution < 1.29 is 10.2 Å². The van der Waals surface area contributed by atoms with E-state index in [-0.39, 0.29) is 6.61 Å². The number of aliphatic hydroxyl groups excluding tert-OH is 2. The van der Waals surface area contributed by atoms with E-state index in [9.17, 15) is 5.11 Å². The normalized spacial score (nSPS) is 30.4. The Morgan fingerprint density at radius 2 is 2.13 bits per heavy atom. The molecule has 0 amide bonds. The Bertz CT molecular complexity index is 176. The van der Waals surface area contributed by atoms with E-state index in [4.69, 9.17) is 5.11 Å². The van der Waals surface area contributed by atoms with Gasteiger partial charge in [-0.2, -0.15) is 0 Å². The van der Waals surface area contributed by atoms with E-state index in [0.717, 1.165) is 25.9 Å². The summed E-state index contributed by atoms with van der Waals surface area (Å²) in [6.07, 6.45) is 1.60. The average molecular weight is 216 g/mol. The topological polar surface area (TPSA) is 55.7 Å². The van der Waals surface area contributed by atoms with Crippen molar-refractivity contribution in [3.8, 4) is 0 Å². The van der Waals surface area contributed by atoms with Crippen LogP contribution in [0.2, 0.25) is 0 Å². The average Bonchev–Trinajstić information content (AvgIpc) is 2.28. The molecule has 1 aliphatic rings. The highest BCUT2D eigenvalue weighted by molar-refractivity contribution is 4.85. The summed E-state index contributed by atoms with van der Waals surface area (Å²) in [5, 5.41) is 21.8. The molecule has 1 heterocycles. The molecule has 1 fully saturated rings. The molecule has 90 valence electrons. The van der Waals surface area contributed by atoms with Crippen LogP contribution >= 0.6 is 0 Å². The maximum atomic E-state index is 9.47. The van der Waals surface area contributed by atoms with Gasteiger partial charge in [-0.3, -0.25) is 4.90 Å². The molecular formula is C11H24N2O2. The van der Waals surface area contributed by atoms with Crippen LogP contribution in [0.4, 0.5) is 0 Å². The van der Waals surface area contributed by atoms with E-state index in [1.54, 1.807) is 0 Å². The van der Waals surface area contributed by atoms with Crippen molar-refractivity contribution in [3.63, 3.8) is 0 Å². The summed E-state index contributed by atoms with van der Waals surface area (Å²) in [4.78, 5) is 2.30. The maximum absolute atomic E-state index is 9.47. The third-order valence-corrected chi connectivity index (χ3v) is 3.23. The molecule has 3 atom stereocenters. The number of aliphatic hydroxyl groups is 2. The summed E-state index contributed by atoms with van der Waals surface area (Å²) in [7, 11) is 0. The number of nitrogens with one attached hydrogen (secondary N) is 1. The second-order valence-electron chi connectivity index (χ2n) is 4.37. The summed E-state index contributed by atoms with van der Waals surface area (Å²) < 4.78 is 0. The first-order valence-electron chi connectivity index (χ1n) is 5.97. The van der Waals surface area contributed by atoms with Crippen molar-refractivity contribution in [2.75, 3.05) is 26.2 Å². The van der Waals surface area contributed by atoms with Gasteiger partial charge in [0.1, 0.15) is 0 Å². The number of piperazine rings is 1. The van der Waals surface area contributed by atoms with Crippen molar-refractivity contribution in [3.05, 3.63) is 0 Å². The fraction of sp³-hybridized carbons (Fsp3) is 1.00. The maximum Gasteiger partial charge on any atom is 0.0897 e. The Hall–Kier alpha value is -0.160. The summed E-state index contributed by atoms with van der Waals surface area (Å²) in [6, 6.07) is 1.02. The number of rotatable bonds is 5. The molecule has 0 radical (unpaired) electrons. The van der Waals surface area contributed by atoms with E-state index >= 15 is 0 Å². The summed E-state index contributed by atoms with van der Waals surface area (Å²) in [5.74, 6) is 0. The Morgan fingerprint density at radius 1 is 1.40 bits per heavy atom. The second kappa shape index (κ2) is 6.43. The Labute approximate surface area is 92.3 Å². The Kier molecular flexibility index (Phi) is 5.53. The summed E-state index contributed by atoms with van der Waals surface area (Å²) >= 11 is 0. The van der Waals surface area contributed by atoms with Crippen LogP contribution in [0.5, 0.6) is 0 Å². The predicted octanol–water partition coefficient (Wildman–Crippen LogP) is -0.198. The Balaban J connectivity index is 2.47. The van der Waals surface area contributed by atoms with Crippen LogP contribution in [0.1, 0.15) is 26.7 Å². The minimum absolute atomic E-state index is 0.142. The molecule has 0 saturated carbocycles. The molecule has 0 aromatic carbocycles. The number of β-amino-alcohol motifs (C(OH)–C–C–N with tert-alkyl or cyclic N) is 1. The van der Waals surface area contributed by atoms with Crippen LogP contribution < -0.4 is 5.32 Å². The minimum Gasteiger partial charge on any atom is -0.394 e. The van der Waals surface area contributed by atoms with Crippen LogP contribution in [0.3, 0.4) is 0 Å². The molecule has 1 rings (SSSR count). The smallest absolute Gasteiger partial charge is 0.0897 e. The largest absolute Gasteiger partial charge is 0.394 e. The molecule has 15 heavy (non-hydrogen) atoms. The fourth-order valence-electron chi connectivity index (χ4n) is 2.16. The molecule has 0 bridgehead atoms. The Morgan fingerprint density at radius 3 is 2.67 bits per heavy atom. The molecular weight excluding hydrogens is 192 g/mol. The van der Waals surface area contributed by atoms with Gasteiger partial charge in [0.25, 0.3) is 0 Å². The fourth-order valence-corrected chi connectivity index (χ4v) is 2.16. The van der Waals surface area contributed by atoms with E-state index in [0.29, 0.717) is 18.6 Å². The molecule has 3 unspecified atom stereocenters. The molecule has 0 spiro atoms. The third-order valence-electron chi connectivity index (χ3n) is 3.23. The zero-order valence-corrected chi connectivity index (χ0v) is 9.82. The zero-order valence-electron chi connectivity index (χ0n) is 9.82. The van der Waals surface area contributed by atoms with Crippen molar-refractivity contribution in [2.45, 2.75) is 44.9 Å². The van der Waals surface area contributed by atoms with Gasteiger partial charge >= 0.3 is 0 Å². The highest BCUT2D eigenvalue weighted by Crippen LogP contribution is 2.12. The lowest BCUT2D eigenvalue weighted by molar-refractivity contribution is 0.0276.